The first-order valence-electron chi connectivity index (χ1n) is 8.11. The zero-order valence-electron chi connectivity index (χ0n) is 13.4. The van der Waals surface area contributed by atoms with Gasteiger partial charge < -0.3 is 10.3 Å². The molecule has 1 aromatic heterocycles. The highest BCUT2D eigenvalue weighted by Crippen LogP contribution is 2.23. The van der Waals surface area contributed by atoms with Gasteiger partial charge in [0.2, 0.25) is 5.91 Å². The summed E-state index contributed by atoms with van der Waals surface area (Å²) in [7, 11) is 0. The van der Waals surface area contributed by atoms with E-state index in [4.69, 9.17) is 0 Å². The second kappa shape index (κ2) is 8.36. The van der Waals surface area contributed by atoms with Crippen molar-refractivity contribution in [2.75, 3.05) is 5.75 Å². The van der Waals surface area contributed by atoms with Gasteiger partial charge in [-0.25, -0.2) is 4.98 Å². The third-order valence-corrected chi connectivity index (χ3v) is 4.95. The molecule has 0 spiro atoms. The molecule has 22 heavy (non-hydrogen) atoms. The number of rotatable bonds is 6. The fourth-order valence-corrected chi connectivity index (χ4v) is 3.55. The SMILES string of the molecule is CCCc1cc(=O)[nH]c(SCC(=O)N[C@@H]2CCCC[C@@H]2C)n1. The third kappa shape index (κ3) is 5.16. The van der Waals surface area contributed by atoms with Gasteiger partial charge in [-0.15, -0.1) is 0 Å². The van der Waals surface area contributed by atoms with Crippen molar-refractivity contribution in [3.8, 4) is 0 Å². The number of aromatic nitrogens is 2. The molecule has 6 heteroatoms. The van der Waals surface area contributed by atoms with E-state index in [1.54, 1.807) is 0 Å². The number of nitrogens with zero attached hydrogens (tertiary/aromatic N) is 1. The van der Waals surface area contributed by atoms with Crippen molar-refractivity contribution in [1.29, 1.82) is 0 Å². The highest BCUT2D eigenvalue weighted by atomic mass is 32.2. The van der Waals surface area contributed by atoms with E-state index in [1.165, 1.54) is 37.1 Å². The van der Waals surface area contributed by atoms with Crippen LogP contribution in [-0.2, 0) is 11.2 Å². The van der Waals surface area contributed by atoms with Crippen LogP contribution in [0.25, 0.3) is 0 Å². The molecule has 122 valence electrons. The monoisotopic (exact) mass is 323 g/mol. The molecule has 5 nitrogen and oxygen atoms in total. The minimum absolute atomic E-state index is 0.0206. The molecule has 2 atom stereocenters. The highest BCUT2D eigenvalue weighted by Gasteiger charge is 2.22. The van der Waals surface area contributed by atoms with E-state index in [9.17, 15) is 9.59 Å². The number of aromatic amines is 1. The predicted octanol–water partition coefficient (Wildman–Crippen LogP) is 2.51. The van der Waals surface area contributed by atoms with Crippen molar-refractivity contribution in [2.24, 2.45) is 5.92 Å². The lowest BCUT2D eigenvalue weighted by molar-refractivity contribution is -0.119. The van der Waals surface area contributed by atoms with Crippen LogP contribution < -0.4 is 10.9 Å². The summed E-state index contributed by atoms with van der Waals surface area (Å²) in [6.07, 6.45) is 6.43. The number of nitrogens with one attached hydrogen (secondary N) is 2. The van der Waals surface area contributed by atoms with E-state index in [0.29, 0.717) is 22.9 Å². The van der Waals surface area contributed by atoms with E-state index < -0.39 is 0 Å². The number of carbonyl (C=O) groups excluding carboxylic acids is 1. The smallest absolute Gasteiger partial charge is 0.251 e. The summed E-state index contributed by atoms with van der Waals surface area (Å²) in [6.45, 7) is 4.25. The zero-order chi connectivity index (χ0) is 15.9. The summed E-state index contributed by atoms with van der Waals surface area (Å²) in [6, 6.07) is 1.82. The van der Waals surface area contributed by atoms with E-state index in [1.807, 2.05) is 0 Å². The van der Waals surface area contributed by atoms with E-state index >= 15 is 0 Å². The molecule has 0 radical (unpaired) electrons. The van der Waals surface area contributed by atoms with Crippen LogP contribution in [0.4, 0.5) is 0 Å². The molecule has 1 fully saturated rings. The van der Waals surface area contributed by atoms with E-state index in [0.717, 1.165) is 25.0 Å². The second-order valence-corrected chi connectivity index (χ2v) is 6.98. The largest absolute Gasteiger partial charge is 0.352 e. The standard InChI is InChI=1S/C16H25N3O2S/c1-3-6-12-9-14(20)19-16(17-12)22-10-15(21)18-13-8-5-4-7-11(13)2/h9,11,13H,3-8,10H2,1-2H3,(H,18,21)(H,17,19,20)/t11-,13+/m0/s1. The molecule has 1 aliphatic rings. The van der Waals surface area contributed by atoms with Crippen LogP contribution in [0.15, 0.2) is 16.0 Å². The average Bonchev–Trinajstić information content (AvgIpc) is 2.47. The van der Waals surface area contributed by atoms with Crippen molar-refractivity contribution in [1.82, 2.24) is 15.3 Å². The van der Waals surface area contributed by atoms with Crippen LogP contribution in [0, 0.1) is 5.92 Å². The zero-order valence-corrected chi connectivity index (χ0v) is 14.2. The Morgan fingerprint density at radius 3 is 2.95 bits per heavy atom. The van der Waals surface area contributed by atoms with Crippen molar-refractivity contribution < 1.29 is 4.79 Å². The average molecular weight is 323 g/mol. The maximum atomic E-state index is 12.1. The van der Waals surface area contributed by atoms with Gasteiger partial charge in [0, 0.05) is 17.8 Å². The summed E-state index contributed by atoms with van der Waals surface area (Å²) < 4.78 is 0. The van der Waals surface area contributed by atoms with Gasteiger partial charge >= 0.3 is 0 Å². The molecule has 1 aliphatic carbocycles. The lowest BCUT2D eigenvalue weighted by atomic mass is 9.86. The Balaban J connectivity index is 1.86. The molecule has 1 saturated carbocycles. The number of thioether (sulfide) groups is 1. The molecule has 1 aromatic rings. The molecule has 1 heterocycles. The fourth-order valence-electron chi connectivity index (χ4n) is 2.85. The van der Waals surface area contributed by atoms with Crippen LogP contribution >= 0.6 is 11.8 Å². The van der Waals surface area contributed by atoms with Crippen molar-refractivity contribution >= 4 is 17.7 Å². The maximum Gasteiger partial charge on any atom is 0.251 e. The van der Waals surface area contributed by atoms with Gasteiger partial charge in [0.1, 0.15) is 0 Å². The Kier molecular flexibility index (Phi) is 6.49. The molecular formula is C16H25N3O2S. The lowest BCUT2D eigenvalue weighted by Gasteiger charge is -2.29. The molecule has 0 aromatic carbocycles. The van der Waals surface area contributed by atoms with E-state index in [-0.39, 0.29) is 11.5 Å². The second-order valence-electron chi connectivity index (χ2n) is 6.02. The molecule has 0 aliphatic heterocycles. The van der Waals surface area contributed by atoms with E-state index in [2.05, 4.69) is 29.1 Å². The Labute approximate surface area is 135 Å². The minimum Gasteiger partial charge on any atom is -0.352 e. The first-order valence-corrected chi connectivity index (χ1v) is 9.09. The number of amides is 1. The van der Waals surface area contributed by atoms with Crippen molar-refractivity contribution in [3.05, 3.63) is 22.1 Å². The van der Waals surface area contributed by atoms with Crippen LogP contribution in [0.5, 0.6) is 0 Å². The van der Waals surface area contributed by atoms with Crippen molar-refractivity contribution in [2.45, 2.75) is 63.6 Å². The highest BCUT2D eigenvalue weighted by molar-refractivity contribution is 7.99. The summed E-state index contributed by atoms with van der Waals surface area (Å²) in [4.78, 5) is 30.7. The van der Waals surface area contributed by atoms with Crippen LogP contribution in [0.1, 0.15) is 51.6 Å². The van der Waals surface area contributed by atoms with Gasteiger partial charge in [-0.2, -0.15) is 0 Å². The summed E-state index contributed by atoms with van der Waals surface area (Å²) in [5, 5.41) is 3.64. The summed E-state index contributed by atoms with van der Waals surface area (Å²) >= 11 is 1.29. The van der Waals surface area contributed by atoms with Gasteiger partial charge in [-0.05, 0) is 25.2 Å². The number of aryl methyl sites for hydroxylation is 1. The summed E-state index contributed by atoms with van der Waals surface area (Å²) in [5.74, 6) is 0.864. The Morgan fingerprint density at radius 1 is 1.45 bits per heavy atom. The van der Waals surface area contributed by atoms with Crippen molar-refractivity contribution in [3.63, 3.8) is 0 Å². The molecule has 2 rings (SSSR count). The molecule has 0 unspecified atom stereocenters. The van der Waals surface area contributed by atoms with Gasteiger partial charge in [-0.1, -0.05) is 44.9 Å². The number of carbonyl (C=O) groups is 1. The van der Waals surface area contributed by atoms with Crippen LogP contribution in [0.2, 0.25) is 0 Å². The third-order valence-electron chi connectivity index (χ3n) is 4.08. The Bertz CT molecular complexity index is 559. The van der Waals surface area contributed by atoms with Gasteiger partial charge in [0.15, 0.2) is 5.16 Å². The molecule has 1 amide bonds. The molecule has 0 saturated heterocycles. The topological polar surface area (TPSA) is 74.8 Å². The maximum absolute atomic E-state index is 12.1. The minimum atomic E-state index is -0.151. The fraction of sp³-hybridized carbons (Fsp3) is 0.688. The first-order chi connectivity index (χ1) is 10.6. The van der Waals surface area contributed by atoms with Gasteiger partial charge in [0.25, 0.3) is 5.56 Å². The lowest BCUT2D eigenvalue weighted by Crippen LogP contribution is -2.41. The number of hydrogen-bond acceptors (Lipinski definition) is 4. The molecule has 2 N–H and O–H groups in total. The van der Waals surface area contributed by atoms with Gasteiger partial charge in [0.05, 0.1) is 5.75 Å². The Morgan fingerprint density at radius 2 is 2.23 bits per heavy atom. The number of hydrogen-bond donors (Lipinski definition) is 2. The number of H-pyrrole nitrogens is 1. The van der Waals surface area contributed by atoms with Gasteiger partial charge in [-0.3, -0.25) is 9.59 Å². The predicted molar refractivity (Wildman–Crippen MR) is 89.1 cm³/mol. The van der Waals surface area contributed by atoms with Crippen LogP contribution in [0.3, 0.4) is 0 Å². The molecular weight excluding hydrogens is 298 g/mol. The quantitative estimate of drug-likeness (QED) is 0.623. The molecule has 0 bridgehead atoms. The summed E-state index contributed by atoms with van der Waals surface area (Å²) in [5.41, 5.74) is 0.636. The van der Waals surface area contributed by atoms with Crippen LogP contribution in [-0.4, -0.2) is 27.7 Å². The first kappa shape index (κ1) is 17.1. The Hall–Kier alpha value is -1.30. The normalized spacial score (nSPS) is 21.5.